The van der Waals surface area contributed by atoms with E-state index < -0.39 is 11.8 Å². The van der Waals surface area contributed by atoms with Crippen LogP contribution in [0.25, 0.3) is 6.08 Å². The maximum absolute atomic E-state index is 12.3. The monoisotopic (exact) mass is 448 g/mol. The molecule has 0 saturated carbocycles. The number of aryl methyl sites for hydroxylation is 2. The maximum atomic E-state index is 12.3. The number of hydrogen-bond acceptors (Lipinski definition) is 6. The van der Waals surface area contributed by atoms with Crippen molar-refractivity contribution in [3.05, 3.63) is 88.8 Å². The van der Waals surface area contributed by atoms with E-state index in [1.165, 1.54) is 6.08 Å². The van der Waals surface area contributed by atoms with Crippen molar-refractivity contribution < 1.29 is 14.3 Å². The number of ether oxygens (including phenoxy) is 1. The summed E-state index contributed by atoms with van der Waals surface area (Å²) in [7, 11) is 1.58. The summed E-state index contributed by atoms with van der Waals surface area (Å²) in [6.07, 6.45) is 2.97. The first kappa shape index (κ1) is 23.0. The second kappa shape index (κ2) is 11.1. The Balaban J connectivity index is 1.48. The van der Waals surface area contributed by atoms with Crippen LogP contribution in [0.15, 0.2) is 65.8 Å². The van der Waals surface area contributed by atoms with E-state index in [0.717, 1.165) is 27.7 Å². The number of amides is 2. The second-order valence-corrected chi connectivity index (χ2v) is 7.91. The topological polar surface area (TPSA) is 93.2 Å². The van der Waals surface area contributed by atoms with Crippen molar-refractivity contribution in [2.45, 2.75) is 24.8 Å². The zero-order valence-electron chi connectivity index (χ0n) is 18.1. The summed E-state index contributed by atoms with van der Waals surface area (Å²) < 4.78 is 5.15. The average Bonchev–Trinajstić information content (AvgIpc) is 2.79. The van der Waals surface area contributed by atoms with Crippen LogP contribution in [0.2, 0.25) is 0 Å². The van der Waals surface area contributed by atoms with Gasteiger partial charge in [-0.2, -0.15) is 0 Å². The predicted octanol–water partition coefficient (Wildman–Crippen LogP) is 3.87. The Morgan fingerprint density at radius 1 is 1.00 bits per heavy atom. The molecule has 0 spiro atoms. The molecule has 0 radical (unpaired) electrons. The van der Waals surface area contributed by atoms with E-state index in [4.69, 9.17) is 4.74 Å². The van der Waals surface area contributed by atoms with Crippen LogP contribution in [0.3, 0.4) is 0 Å². The third-order valence-electron chi connectivity index (χ3n) is 4.37. The van der Waals surface area contributed by atoms with Gasteiger partial charge in [-0.05, 0) is 61.4 Å². The molecule has 2 amide bonds. The molecule has 0 atom stereocenters. The number of thioether (sulfide) groups is 1. The van der Waals surface area contributed by atoms with E-state index in [1.54, 1.807) is 43.1 Å². The minimum atomic E-state index is -0.442. The van der Waals surface area contributed by atoms with Gasteiger partial charge in [0, 0.05) is 28.8 Å². The third kappa shape index (κ3) is 6.95. The fraction of sp³-hybridized carbons (Fsp3) is 0.167. The van der Waals surface area contributed by atoms with Crippen molar-refractivity contribution >= 4 is 29.7 Å². The number of aromatic nitrogens is 2. The Labute approximate surface area is 191 Å². The molecule has 2 aromatic carbocycles. The summed E-state index contributed by atoms with van der Waals surface area (Å²) >= 11 is 1.54. The number of hydrogen-bond donors (Lipinski definition) is 2. The third-order valence-corrected chi connectivity index (χ3v) is 5.28. The van der Waals surface area contributed by atoms with Crippen LogP contribution in [0, 0.1) is 13.8 Å². The van der Waals surface area contributed by atoms with E-state index in [-0.39, 0.29) is 0 Å². The van der Waals surface area contributed by atoms with E-state index >= 15 is 0 Å². The number of nitrogens with zero attached hydrogens (tertiary/aromatic N) is 2. The van der Waals surface area contributed by atoms with Crippen molar-refractivity contribution in [1.82, 2.24) is 20.8 Å². The Kier molecular flexibility index (Phi) is 7.99. The molecule has 1 heterocycles. The van der Waals surface area contributed by atoms with Gasteiger partial charge in [0.1, 0.15) is 5.75 Å². The van der Waals surface area contributed by atoms with E-state index in [9.17, 15) is 9.59 Å². The lowest BCUT2D eigenvalue weighted by atomic mass is 10.1. The summed E-state index contributed by atoms with van der Waals surface area (Å²) in [6, 6.07) is 16.4. The molecule has 2 N–H and O–H groups in total. The van der Waals surface area contributed by atoms with Gasteiger partial charge in [0.2, 0.25) is 0 Å². The molecule has 1 aromatic heterocycles. The van der Waals surface area contributed by atoms with Crippen LogP contribution in [0.4, 0.5) is 0 Å². The lowest BCUT2D eigenvalue weighted by Crippen LogP contribution is -2.40. The fourth-order valence-electron chi connectivity index (χ4n) is 2.81. The molecule has 7 nitrogen and oxygen atoms in total. The minimum absolute atomic E-state index is 0.398. The van der Waals surface area contributed by atoms with Crippen LogP contribution >= 0.6 is 11.8 Å². The number of carbonyl (C=O) groups excluding carboxylic acids is 2. The van der Waals surface area contributed by atoms with Crippen LogP contribution < -0.4 is 15.6 Å². The lowest BCUT2D eigenvalue weighted by molar-refractivity contribution is -0.117. The molecule has 8 heteroatoms. The summed E-state index contributed by atoms with van der Waals surface area (Å²) in [5.41, 5.74) is 8.95. The summed E-state index contributed by atoms with van der Waals surface area (Å²) in [6.45, 7) is 3.89. The van der Waals surface area contributed by atoms with Crippen molar-refractivity contribution in [1.29, 1.82) is 0 Å². The molecule has 32 heavy (non-hydrogen) atoms. The molecule has 3 aromatic rings. The van der Waals surface area contributed by atoms with Crippen molar-refractivity contribution in [2.75, 3.05) is 7.11 Å². The minimum Gasteiger partial charge on any atom is -0.497 e. The predicted molar refractivity (Wildman–Crippen MR) is 125 cm³/mol. The number of carbonyl (C=O) groups is 2. The highest BCUT2D eigenvalue weighted by molar-refractivity contribution is 7.98. The Hall–Kier alpha value is -3.65. The average molecular weight is 449 g/mol. The van der Waals surface area contributed by atoms with Gasteiger partial charge < -0.3 is 4.74 Å². The number of hydrazine groups is 1. The molecule has 0 fully saturated rings. The maximum Gasteiger partial charge on any atom is 0.269 e. The van der Waals surface area contributed by atoms with Crippen LogP contribution in [0.1, 0.15) is 32.9 Å². The van der Waals surface area contributed by atoms with Gasteiger partial charge in [-0.15, -0.1) is 0 Å². The molecule has 0 aliphatic rings. The number of methoxy groups -OCH3 is 1. The highest BCUT2D eigenvalue weighted by Gasteiger charge is 2.07. The van der Waals surface area contributed by atoms with Crippen LogP contribution in [-0.4, -0.2) is 28.9 Å². The zero-order valence-corrected chi connectivity index (χ0v) is 18.9. The van der Waals surface area contributed by atoms with E-state index in [0.29, 0.717) is 17.1 Å². The standard InChI is InChI=1S/C24H24N4O3S/c1-16-13-17(2)26-24(25-16)32-15-19-7-10-20(11-8-19)23(30)28-27-22(29)12-9-18-5-4-6-21(14-18)31-3/h4-14H,15H2,1-3H3,(H,27,29)(H,28,30)/b12-9+. The second-order valence-electron chi connectivity index (χ2n) is 6.97. The summed E-state index contributed by atoms with van der Waals surface area (Å²) in [5.74, 6) is 0.549. The molecule has 0 bridgehead atoms. The van der Waals surface area contributed by atoms with Crippen molar-refractivity contribution in [3.63, 3.8) is 0 Å². The number of rotatable bonds is 7. The van der Waals surface area contributed by atoms with Gasteiger partial charge in [0.25, 0.3) is 11.8 Å². The normalized spacial score (nSPS) is 10.7. The molecule has 0 unspecified atom stereocenters. The molecular weight excluding hydrogens is 424 g/mol. The number of nitrogens with one attached hydrogen (secondary N) is 2. The molecule has 0 aliphatic carbocycles. The smallest absolute Gasteiger partial charge is 0.269 e. The first-order valence-corrected chi connectivity index (χ1v) is 10.9. The highest BCUT2D eigenvalue weighted by atomic mass is 32.2. The lowest BCUT2D eigenvalue weighted by Gasteiger charge is -2.07. The molecular formula is C24H24N4O3S. The SMILES string of the molecule is COc1cccc(/C=C/C(=O)NNC(=O)c2ccc(CSc3nc(C)cc(C)n3)cc2)c1. The molecule has 164 valence electrons. The van der Waals surface area contributed by atoms with Gasteiger partial charge in [-0.1, -0.05) is 36.0 Å². The molecule has 0 aliphatic heterocycles. The Bertz CT molecular complexity index is 1110. The van der Waals surface area contributed by atoms with Gasteiger partial charge in [-0.3, -0.25) is 20.4 Å². The quantitative estimate of drug-likeness (QED) is 0.247. The van der Waals surface area contributed by atoms with Crippen LogP contribution in [0.5, 0.6) is 5.75 Å². The number of benzene rings is 2. The summed E-state index contributed by atoms with van der Waals surface area (Å²) in [4.78, 5) is 33.1. The summed E-state index contributed by atoms with van der Waals surface area (Å²) in [5, 5.41) is 0.731. The molecule has 0 saturated heterocycles. The van der Waals surface area contributed by atoms with Crippen LogP contribution in [-0.2, 0) is 10.5 Å². The first-order chi connectivity index (χ1) is 15.4. The van der Waals surface area contributed by atoms with Gasteiger partial charge in [0.15, 0.2) is 5.16 Å². The van der Waals surface area contributed by atoms with Gasteiger partial charge in [0.05, 0.1) is 7.11 Å². The molecule has 3 rings (SSSR count). The zero-order chi connectivity index (χ0) is 22.9. The highest BCUT2D eigenvalue weighted by Crippen LogP contribution is 2.20. The van der Waals surface area contributed by atoms with Crippen molar-refractivity contribution in [2.24, 2.45) is 0 Å². The van der Waals surface area contributed by atoms with Crippen molar-refractivity contribution in [3.8, 4) is 5.75 Å². The largest absolute Gasteiger partial charge is 0.497 e. The van der Waals surface area contributed by atoms with E-state index in [2.05, 4.69) is 20.8 Å². The van der Waals surface area contributed by atoms with Gasteiger partial charge >= 0.3 is 0 Å². The first-order valence-electron chi connectivity index (χ1n) is 9.89. The van der Waals surface area contributed by atoms with Gasteiger partial charge in [-0.25, -0.2) is 9.97 Å². The van der Waals surface area contributed by atoms with E-state index in [1.807, 2.05) is 50.2 Å². The fourth-order valence-corrected chi connectivity index (χ4v) is 3.71. The Morgan fingerprint density at radius 2 is 1.72 bits per heavy atom. The Morgan fingerprint density at radius 3 is 2.41 bits per heavy atom.